The lowest BCUT2D eigenvalue weighted by molar-refractivity contribution is -0.383. The van der Waals surface area contributed by atoms with Crippen molar-refractivity contribution in [1.29, 1.82) is 0 Å². The van der Waals surface area contributed by atoms with Crippen molar-refractivity contribution < 1.29 is 37.2 Å². The molecule has 0 amide bonds. The first-order chi connectivity index (χ1) is 19.4. The van der Waals surface area contributed by atoms with E-state index < -0.39 is 39.8 Å². The van der Waals surface area contributed by atoms with E-state index in [1.54, 1.807) is 19.1 Å². The van der Waals surface area contributed by atoms with Gasteiger partial charge < -0.3 is 14.0 Å². The molecule has 4 aromatic rings. The minimum absolute atomic E-state index is 0.0597. The number of hydrogen-bond acceptors (Lipinski definition) is 8. The van der Waals surface area contributed by atoms with Gasteiger partial charge in [-0.25, -0.2) is 14.6 Å². The number of benzene rings is 2. The van der Waals surface area contributed by atoms with Crippen LogP contribution in [0, 0.1) is 10.1 Å². The summed E-state index contributed by atoms with van der Waals surface area (Å²) < 4.78 is 51.2. The molecule has 0 spiro atoms. The molecule has 0 bridgehead atoms. The monoisotopic (exact) mass is 565 g/mol. The predicted octanol–water partition coefficient (Wildman–Crippen LogP) is 4.87. The van der Waals surface area contributed by atoms with Crippen molar-refractivity contribution in [1.82, 2.24) is 9.55 Å². The molecule has 0 saturated carbocycles. The number of halogens is 3. The number of esters is 2. The van der Waals surface area contributed by atoms with Crippen LogP contribution in [0.25, 0.3) is 22.3 Å². The summed E-state index contributed by atoms with van der Waals surface area (Å²) in [6.45, 7) is 1.22. The van der Waals surface area contributed by atoms with Gasteiger partial charge in [-0.05, 0) is 48.9 Å². The lowest BCUT2D eigenvalue weighted by Gasteiger charge is -2.35. The molecular formula is C28H18F3N3O7. The molecule has 6 rings (SSSR count). The second-order valence-corrected chi connectivity index (χ2v) is 9.63. The fourth-order valence-corrected chi connectivity index (χ4v) is 5.32. The van der Waals surface area contributed by atoms with Crippen LogP contribution in [0.2, 0.25) is 0 Å². The van der Waals surface area contributed by atoms with Crippen LogP contribution in [0.15, 0.2) is 59.4 Å². The molecule has 2 aliphatic heterocycles. The van der Waals surface area contributed by atoms with Crippen LogP contribution in [-0.2, 0) is 39.2 Å². The first-order valence-electron chi connectivity index (χ1n) is 12.4. The molecule has 13 heteroatoms. The van der Waals surface area contributed by atoms with Crippen molar-refractivity contribution >= 4 is 28.5 Å². The van der Waals surface area contributed by atoms with Gasteiger partial charge in [0.1, 0.15) is 6.61 Å². The Kier molecular flexibility index (Phi) is 5.73. The molecule has 0 fully saturated rings. The van der Waals surface area contributed by atoms with Crippen LogP contribution in [0.5, 0.6) is 0 Å². The van der Waals surface area contributed by atoms with Crippen LogP contribution < -0.4 is 5.56 Å². The average Bonchev–Trinajstić information content (AvgIpc) is 3.30. The number of pyridine rings is 2. The van der Waals surface area contributed by atoms with Gasteiger partial charge >= 0.3 is 18.1 Å². The van der Waals surface area contributed by atoms with Crippen molar-refractivity contribution in [2.24, 2.45) is 0 Å². The van der Waals surface area contributed by atoms with E-state index in [0.29, 0.717) is 27.9 Å². The Morgan fingerprint density at radius 2 is 1.90 bits per heavy atom. The Morgan fingerprint density at radius 1 is 1.17 bits per heavy atom. The van der Waals surface area contributed by atoms with E-state index in [9.17, 15) is 37.7 Å². The Labute approximate surface area is 228 Å². The minimum Gasteiger partial charge on any atom is -0.457 e. The van der Waals surface area contributed by atoms with Gasteiger partial charge in [-0.15, -0.1) is 0 Å². The Morgan fingerprint density at radius 3 is 2.56 bits per heavy atom. The summed E-state index contributed by atoms with van der Waals surface area (Å²) in [5, 5.41) is 11.8. The summed E-state index contributed by atoms with van der Waals surface area (Å²) in [4.78, 5) is 55.5. The quantitative estimate of drug-likeness (QED) is 0.171. The van der Waals surface area contributed by atoms with E-state index in [0.717, 1.165) is 24.3 Å². The van der Waals surface area contributed by atoms with E-state index >= 15 is 0 Å². The maximum Gasteiger partial charge on any atom is 0.416 e. The largest absolute Gasteiger partial charge is 0.457 e. The van der Waals surface area contributed by atoms with Crippen LogP contribution >= 0.6 is 0 Å². The molecule has 1 unspecified atom stereocenters. The summed E-state index contributed by atoms with van der Waals surface area (Å²) in [6, 6.07) is 10.9. The number of non-ortho nitro benzene ring substituents is 1. The van der Waals surface area contributed by atoms with Crippen LogP contribution in [0.4, 0.5) is 18.9 Å². The number of nitrogens with zero attached hydrogens (tertiary/aromatic N) is 3. The van der Waals surface area contributed by atoms with E-state index in [4.69, 9.17) is 9.47 Å². The van der Waals surface area contributed by atoms with Crippen molar-refractivity contribution in [3.63, 3.8) is 0 Å². The van der Waals surface area contributed by atoms with Crippen LogP contribution in [0.3, 0.4) is 0 Å². The van der Waals surface area contributed by atoms with E-state index in [2.05, 4.69) is 4.98 Å². The SMILES string of the molecule is CCC1(OC(=O)c2ccc(C(F)(F)F)cc2)C(=O)OCc2c1cc1n(c2=O)Cc2cc3c([N+](=O)[O-])cccc3nc2-1. The number of rotatable bonds is 4. The van der Waals surface area contributed by atoms with Crippen LogP contribution in [-0.4, -0.2) is 26.4 Å². The van der Waals surface area contributed by atoms with Crippen LogP contribution in [0.1, 0.15) is 46.0 Å². The highest BCUT2D eigenvalue weighted by Crippen LogP contribution is 2.42. The summed E-state index contributed by atoms with van der Waals surface area (Å²) in [6.07, 6.45) is -4.75. The zero-order valence-electron chi connectivity index (χ0n) is 21.2. The number of nitro benzene ring substituents is 1. The highest BCUT2D eigenvalue weighted by molar-refractivity contribution is 5.94. The van der Waals surface area contributed by atoms with Gasteiger partial charge in [0.2, 0.25) is 5.60 Å². The number of alkyl halides is 3. The van der Waals surface area contributed by atoms with Crippen molar-refractivity contribution in [3.8, 4) is 11.4 Å². The van der Waals surface area contributed by atoms with Gasteiger partial charge in [0, 0.05) is 17.2 Å². The Hall–Kier alpha value is -5.07. The lowest BCUT2D eigenvalue weighted by Crippen LogP contribution is -2.47. The number of fused-ring (bicyclic) bond motifs is 5. The summed E-state index contributed by atoms with van der Waals surface area (Å²) in [5.74, 6) is -2.01. The molecule has 2 aromatic carbocycles. The molecule has 208 valence electrons. The van der Waals surface area contributed by atoms with Crippen molar-refractivity contribution in [2.75, 3.05) is 0 Å². The molecule has 0 radical (unpaired) electrons. The van der Waals surface area contributed by atoms with Crippen molar-refractivity contribution in [3.05, 3.63) is 103 Å². The molecule has 2 aliphatic rings. The molecular weight excluding hydrogens is 547 g/mol. The number of carbonyl (C=O) groups excluding carboxylic acids is 2. The number of ether oxygens (including phenoxy) is 2. The predicted molar refractivity (Wildman–Crippen MR) is 136 cm³/mol. The zero-order chi connectivity index (χ0) is 29.3. The molecule has 0 saturated heterocycles. The fraction of sp³-hybridized carbons (Fsp3) is 0.214. The Bertz CT molecular complexity index is 1870. The highest BCUT2D eigenvalue weighted by Gasteiger charge is 2.50. The summed E-state index contributed by atoms with van der Waals surface area (Å²) in [7, 11) is 0. The molecule has 2 aromatic heterocycles. The van der Waals surface area contributed by atoms with E-state index in [-0.39, 0.29) is 42.0 Å². The van der Waals surface area contributed by atoms with Gasteiger partial charge in [0.05, 0.1) is 50.4 Å². The van der Waals surface area contributed by atoms with Crippen molar-refractivity contribution in [2.45, 2.75) is 38.3 Å². The molecule has 0 N–H and O–H groups in total. The van der Waals surface area contributed by atoms with Gasteiger partial charge in [0.25, 0.3) is 11.2 Å². The highest BCUT2D eigenvalue weighted by atomic mass is 19.4. The number of hydrogen-bond donors (Lipinski definition) is 0. The first kappa shape index (κ1) is 26.2. The van der Waals surface area contributed by atoms with Gasteiger partial charge in [-0.3, -0.25) is 14.9 Å². The summed E-state index contributed by atoms with van der Waals surface area (Å²) in [5.41, 5.74) is -2.21. The fourth-order valence-electron chi connectivity index (χ4n) is 5.32. The minimum atomic E-state index is -4.61. The van der Waals surface area contributed by atoms with Gasteiger partial charge in [-0.2, -0.15) is 13.2 Å². The van der Waals surface area contributed by atoms with E-state index in [1.807, 2.05) is 0 Å². The smallest absolute Gasteiger partial charge is 0.416 e. The maximum atomic E-state index is 13.6. The molecule has 10 nitrogen and oxygen atoms in total. The Balaban J connectivity index is 1.47. The second kappa shape index (κ2) is 8.98. The first-order valence-corrected chi connectivity index (χ1v) is 12.4. The van der Waals surface area contributed by atoms with Gasteiger partial charge in [0.15, 0.2) is 0 Å². The number of carbonyl (C=O) groups is 2. The average molecular weight is 565 g/mol. The van der Waals surface area contributed by atoms with Gasteiger partial charge in [-0.1, -0.05) is 13.0 Å². The lowest BCUT2D eigenvalue weighted by atomic mass is 9.85. The third-order valence-corrected chi connectivity index (χ3v) is 7.41. The normalized spacial score (nSPS) is 17.4. The molecule has 41 heavy (non-hydrogen) atoms. The number of aromatic nitrogens is 2. The zero-order valence-corrected chi connectivity index (χ0v) is 21.2. The molecule has 0 aliphatic carbocycles. The third-order valence-electron chi connectivity index (χ3n) is 7.41. The topological polar surface area (TPSA) is 131 Å². The summed E-state index contributed by atoms with van der Waals surface area (Å²) >= 11 is 0. The number of nitro groups is 1. The standard InChI is InChI=1S/C28H18F3N3O7/c1-2-27(41-25(36)14-6-8-16(9-7-14)28(29,30)31)19-11-22-23-15(12-33(22)24(35)18(19)13-40-26(27)37)10-17-20(32-23)4-3-5-21(17)34(38)39/h3-11H,2,12-13H2,1H3. The maximum absolute atomic E-state index is 13.6. The van der Waals surface area contributed by atoms with E-state index in [1.165, 1.54) is 22.8 Å². The number of cyclic esters (lactones) is 1. The molecule has 1 atom stereocenters. The molecule has 4 heterocycles. The third kappa shape index (κ3) is 3.95. The second-order valence-electron chi connectivity index (χ2n) is 9.63.